The number of halogens is 12. The van der Waals surface area contributed by atoms with Crippen LogP contribution in [0.2, 0.25) is 0 Å². The Labute approximate surface area is 801 Å². The van der Waals surface area contributed by atoms with Crippen LogP contribution in [0.15, 0.2) is 170 Å². The number of amides is 6. The van der Waals surface area contributed by atoms with E-state index in [9.17, 15) is 81.5 Å². The molecule has 1 saturated heterocycles. The van der Waals surface area contributed by atoms with Crippen molar-refractivity contribution in [3.63, 3.8) is 0 Å². The minimum absolute atomic E-state index is 0.0382. The van der Waals surface area contributed by atoms with Gasteiger partial charge in [0.05, 0.1) is 103 Å². The number of aromatic nitrogens is 14. The number of H-pyrrole nitrogens is 1. The first-order valence-corrected chi connectivity index (χ1v) is 46.4. The molecule has 28 nitrogen and oxygen atoms in total. The number of thiophene rings is 5. The minimum atomic E-state index is -4.58. The second-order valence-corrected chi connectivity index (χ2v) is 38.1. The molecule has 0 spiro atoms. The Morgan fingerprint density at radius 1 is 0.431 bits per heavy atom. The Balaban J connectivity index is 0.000000158. The SMILES string of the molecule is CN(C)C(=O)c1ccc(-c2cc(C(F)(F)F)[nH]n2)cc1.CN(C)C(=O)c1ccc(-c2cc(C(F)(F)F)n(-c3ccccn3)n2)s1.CN(C)C(=O)c1ccc(-c2cc(C(F)(F)F)nn2-c2ccccn2)s1.CN(C)C(=O)c1ccc(-c2cc(C(F)(F)F)nn2CCN2CCOCC2)s1.Cc1cc(-c2ccc(C(=O)N(C)C)s2)n(C2CCCC2)n1.Cc1cc(-c2ccc(C(=O)N(C)C)s2)nn1C(C)C. The average Bonchev–Trinajstić information content (AvgIpc) is 1.63. The molecular weight excluding hydrogens is 1900 g/mol. The topological polar surface area (TPSA) is 278 Å². The van der Waals surface area contributed by atoms with Gasteiger partial charge in [0, 0.05) is 139 Å². The second-order valence-electron chi connectivity index (χ2n) is 32.6. The van der Waals surface area contributed by atoms with E-state index in [1.807, 2.05) is 41.0 Å². The van der Waals surface area contributed by atoms with Gasteiger partial charge in [-0.2, -0.15) is 83.3 Å². The van der Waals surface area contributed by atoms with Crippen molar-refractivity contribution in [2.75, 3.05) is 117 Å². The van der Waals surface area contributed by atoms with Gasteiger partial charge in [-0.3, -0.25) is 52.8 Å². The smallest absolute Gasteiger partial charge is 0.379 e. The number of morpholine rings is 1. The molecule has 2 aliphatic rings. The van der Waals surface area contributed by atoms with E-state index in [0.29, 0.717) is 84.5 Å². The van der Waals surface area contributed by atoms with Crippen LogP contribution in [0.25, 0.3) is 75.7 Å². The standard InChI is InChI=1S/C17H21F3N4O2S.2C16H13F3N4OS.C16H21N3OS.C14H19N3OS.C13H12F3N3O/c1-22(2)16(25)14-4-3-13(27-14)12-11-15(17(18,19)20)21-24(12)6-5-23-7-9-26-10-8-23;1-22(2)15(24)12-7-6-11(25-12)10-9-13(16(17,18)19)21-23(10)14-5-3-4-8-20-14;1-22(2)15(24)12-7-6-11(25-12)10-9-13(16(17,18)19)23(21-10)14-5-3-4-8-20-14;1-11-10-13(19(17-11)12-6-4-5-7-12)14-8-9-15(21-14)16(20)18(2)3;1-9(2)17-10(3)8-11(15-17)12-6-7-13(19-12)14(18)16(4)5;1-19(2)12(20)9-5-3-8(4-6-9)10-7-11(18-17-10)13(14,15)16/h3-4,11H,5-10H2,1-2H3;2*3-9H,1-2H3;8-10,12H,4-7H2,1-3H3;6-9H,1-5H3;3-7H,1-2H3,(H,17,18). The van der Waals surface area contributed by atoms with Crippen molar-refractivity contribution in [1.29, 1.82) is 0 Å². The summed E-state index contributed by atoms with van der Waals surface area (Å²) >= 11 is 6.42. The van der Waals surface area contributed by atoms with Crippen LogP contribution in [-0.2, 0) is 36.0 Å². The van der Waals surface area contributed by atoms with Crippen molar-refractivity contribution in [2.45, 2.75) is 96.7 Å². The summed E-state index contributed by atoms with van der Waals surface area (Å²) in [4.78, 5) is 97.3. The molecule has 14 heterocycles. The number of rotatable bonds is 19. The van der Waals surface area contributed by atoms with E-state index in [0.717, 1.165) is 112 Å². The van der Waals surface area contributed by atoms with Crippen molar-refractivity contribution in [3.05, 3.63) is 234 Å². The minimum Gasteiger partial charge on any atom is -0.379 e. The number of hydrogen-bond donors (Lipinski definition) is 1. The van der Waals surface area contributed by atoms with Crippen LogP contribution < -0.4 is 0 Å². The lowest BCUT2D eigenvalue weighted by atomic mass is 10.1. The van der Waals surface area contributed by atoms with Gasteiger partial charge in [0.15, 0.2) is 28.7 Å². The normalized spacial score (nSPS) is 12.9. The maximum atomic E-state index is 13.4. The molecule has 0 radical (unpaired) electrons. The molecule has 1 aliphatic carbocycles. The highest BCUT2D eigenvalue weighted by Crippen LogP contribution is 2.42. The number of nitrogens with one attached hydrogen (secondary N) is 1. The van der Waals surface area contributed by atoms with Gasteiger partial charge >= 0.3 is 24.7 Å². The van der Waals surface area contributed by atoms with Gasteiger partial charge in [-0.05, 0) is 174 Å². The van der Waals surface area contributed by atoms with Crippen molar-refractivity contribution in [3.8, 4) is 75.7 Å². The van der Waals surface area contributed by atoms with Crippen LogP contribution in [0.1, 0.15) is 144 Å². The lowest BCUT2D eigenvalue weighted by Crippen LogP contribution is -2.38. The lowest BCUT2D eigenvalue weighted by Gasteiger charge is -2.26. The van der Waals surface area contributed by atoms with Gasteiger partial charge in [0.2, 0.25) is 0 Å². The molecule has 14 aromatic rings. The highest BCUT2D eigenvalue weighted by Gasteiger charge is 2.40. The van der Waals surface area contributed by atoms with Crippen LogP contribution in [0, 0.1) is 13.8 Å². The molecule has 0 unspecified atom stereocenters. The third kappa shape index (κ3) is 26.9. The monoisotopic (exact) mass is 2000 g/mol. The molecule has 2 fully saturated rings. The lowest BCUT2D eigenvalue weighted by molar-refractivity contribution is -0.143. The molecule has 1 aromatic carbocycles. The third-order valence-electron chi connectivity index (χ3n) is 20.6. The molecule has 1 aliphatic heterocycles. The van der Waals surface area contributed by atoms with Crippen molar-refractivity contribution >= 4 is 92.1 Å². The van der Waals surface area contributed by atoms with Crippen LogP contribution in [0.3, 0.4) is 0 Å². The quantitative estimate of drug-likeness (QED) is 0.0737. The first kappa shape index (κ1) is 105. The average molecular weight is 2000 g/mol. The second kappa shape index (κ2) is 45.0. The predicted molar refractivity (Wildman–Crippen MR) is 503 cm³/mol. The molecule has 0 atom stereocenters. The Morgan fingerprint density at radius 3 is 1.28 bits per heavy atom. The van der Waals surface area contributed by atoms with Gasteiger partial charge in [-0.1, -0.05) is 37.1 Å². The Morgan fingerprint density at radius 2 is 0.861 bits per heavy atom. The third-order valence-corrected chi connectivity index (χ3v) is 26.0. The summed E-state index contributed by atoms with van der Waals surface area (Å²) in [6.07, 6.45) is -10.2. The van der Waals surface area contributed by atoms with Crippen molar-refractivity contribution in [2.24, 2.45) is 0 Å². The summed E-state index contributed by atoms with van der Waals surface area (Å²) in [5.41, 5.74) is 2.42. The number of aromatic amines is 1. The molecule has 16 rings (SSSR count). The van der Waals surface area contributed by atoms with Gasteiger partial charge in [-0.25, -0.2) is 19.3 Å². The molecule has 13 aromatic heterocycles. The van der Waals surface area contributed by atoms with Gasteiger partial charge in [-0.15, -0.1) is 56.7 Å². The van der Waals surface area contributed by atoms with Gasteiger partial charge in [0.1, 0.15) is 17.1 Å². The van der Waals surface area contributed by atoms with E-state index in [-0.39, 0.29) is 64.2 Å². The molecule has 0 bridgehead atoms. The highest BCUT2D eigenvalue weighted by molar-refractivity contribution is 7.18. The molecule has 45 heteroatoms. The fourth-order valence-electron chi connectivity index (χ4n) is 13.7. The number of nitrogens with zero attached hydrogens (tertiary/aromatic N) is 20. The van der Waals surface area contributed by atoms with E-state index < -0.39 is 47.5 Å². The largest absolute Gasteiger partial charge is 0.435 e. The van der Waals surface area contributed by atoms with E-state index in [1.54, 1.807) is 197 Å². The molecule has 1 saturated carbocycles. The fraction of sp³-hybridized carbons (Fsp3) is 0.348. The zero-order chi connectivity index (χ0) is 100. The van der Waals surface area contributed by atoms with Crippen molar-refractivity contribution in [1.82, 2.24) is 103 Å². The van der Waals surface area contributed by atoms with Gasteiger partial charge in [0.25, 0.3) is 35.4 Å². The number of hydrogen-bond acceptors (Lipinski definition) is 21. The Bertz CT molecular complexity index is 6430. The summed E-state index contributed by atoms with van der Waals surface area (Å²) < 4.78 is 169. The number of aryl methyl sites for hydroxylation is 2. The molecule has 728 valence electrons. The Hall–Kier alpha value is -12.8. The number of ether oxygens (including phenoxy) is 1. The molecule has 1 N–H and O–H groups in total. The van der Waals surface area contributed by atoms with E-state index in [4.69, 9.17) is 4.74 Å². The van der Waals surface area contributed by atoms with Crippen LogP contribution in [0.4, 0.5) is 52.7 Å². The van der Waals surface area contributed by atoms with E-state index in [1.165, 1.54) is 91.1 Å². The fourth-order valence-corrected chi connectivity index (χ4v) is 18.7. The zero-order valence-electron chi connectivity index (χ0n) is 77.3. The van der Waals surface area contributed by atoms with E-state index in [2.05, 4.69) is 83.0 Å². The first-order valence-electron chi connectivity index (χ1n) is 42.3. The predicted octanol–water partition coefficient (Wildman–Crippen LogP) is 19.8. The number of carbonyl (C=O) groups excluding carboxylic acids is 6. The van der Waals surface area contributed by atoms with Crippen LogP contribution >= 0.6 is 56.7 Å². The van der Waals surface area contributed by atoms with Crippen LogP contribution in [0.5, 0.6) is 0 Å². The maximum absolute atomic E-state index is 13.4. The van der Waals surface area contributed by atoms with E-state index >= 15 is 0 Å². The summed E-state index contributed by atoms with van der Waals surface area (Å²) in [5.74, 6) is -0.334. The molecular formula is C92H99F12N21O7S5. The number of carbonyl (C=O) groups is 6. The zero-order valence-corrected chi connectivity index (χ0v) is 81.4. The number of alkyl halides is 12. The molecule has 137 heavy (non-hydrogen) atoms. The highest BCUT2D eigenvalue weighted by atomic mass is 32.1. The summed E-state index contributed by atoms with van der Waals surface area (Å²) in [6.45, 7) is 12.0. The summed E-state index contributed by atoms with van der Waals surface area (Å²) in [7, 11) is 20.1. The summed E-state index contributed by atoms with van der Waals surface area (Å²) in [5, 5.41) is 26.3. The first-order chi connectivity index (χ1) is 64.5. The van der Waals surface area contributed by atoms with Crippen molar-refractivity contribution < 1.29 is 86.2 Å². The molecule has 6 amide bonds. The maximum Gasteiger partial charge on any atom is 0.435 e. The van der Waals surface area contributed by atoms with Crippen LogP contribution in [-0.4, -0.2) is 256 Å². The number of pyridine rings is 2. The van der Waals surface area contributed by atoms with Gasteiger partial charge < -0.3 is 34.1 Å². The summed E-state index contributed by atoms with van der Waals surface area (Å²) in [6, 6.07) is 42.2. The Kier molecular flexibility index (Phi) is 34.4. The number of benzene rings is 1.